The molecule has 5 heteroatoms. The highest BCUT2D eigenvalue weighted by Crippen LogP contribution is 2.17. The number of aryl methyl sites for hydroxylation is 1. The van der Waals surface area contributed by atoms with Crippen LogP contribution in [0.4, 0.5) is 4.39 Å². The van der Waals surface area contributed by atoms with Crippen LogP contribution in [-0.2, 0) is 0 Å². The van der Waals surface area contributed by atoms with Gasteiger partial charge in [0.1, 0.15) is 11.6 Å². The van der Waals surface area contributed by atoms with Gasteiger partial charge in [-0.05, 0) is 59.8 Å². The van der Waals surface area contributed by atoms with Crippen LogP contribution >= 0.6 is 22.6 Å². The molecule has 3 aromatic rings. The second-order valence-corrected chi connectivity index (χ2v) is 5.66. The molecule has 0 fully saturated rings. The molecule has 20 heavy (non-hydrogen) atoms. The van der Waals surface area contributed by atoms with Gasteiger partial charge in [0.05, 0.1) is 16.6 Å². The number of aromatic nitrogens is 2. The monoisotopic (exact) mass is 380 g/mol. The third-order valence-corrected chi connectivity index (χ3v) is 3.76. The first-order chi connectivity index (χ1) is 9.58. The van der Waals surface area contributed by atoms with Gasteiger partial charge in [0.15, 0.2) is 0 Å². The van der Waals surface area contributed by atoms with Crippen molar-refractivity contribution in [2.24, 2.45) is 0 Å². The zero-order chi connectivity index (χ0) is 14.3. The smallest absolute Gasteiger partial charge is 0.266 e. The number of hydrogen-bond acceptors (Lipinski definition) is 2. The Kier molecular flexibility index (Phi) is 3.29. The highest BCUT2D eigenvalue weighted by atomic mass is 127. The number of halogens is 2. The van der Waals surface area contributed by atoms with Crippen molar-refractivity contribution in [3.63, 3.8) is 0 Å². The molecule has 0 saturated heterocycles. The predicted octanol–water partition coefficient (Wildman–Crippen LogP) is 3.44. The second kappa shape index (κ2) is 4.97. The summed E-state index contributed by atoms with van der Waals surface area (Å²) in [4.78, 5) is 17.0. The van der Waals surface area contributed by atoms with E-state index in [1.165, 1.54) is 10.6 Å². The number of para-hydroxylation sites is 1. The maximum atomic E-state index is 13.9. The van der Waals surface area contributed by atoms with E-state index < -0.39 is 5.82 Å². The molecule has 0 aliphatic rings. The van der Waals surface area contributed by atoms with Crippen molar-refractivity contribution in [2.75, 3.05) is 0 Å². The Morgan fingerprint density at radius 2 is 1.95 bits per heavy atom. The number of rotatable bonds is 1. The highest BCUT2D eigenvalue weighted by Gasteiger charge is 2.12. The zero-order valence-corrected chi connectivity index (χ0v) is 12.8. The summed E-state index contributed by atoms with van der Waals surface area (Å²) >= 11 is 2.14. The summed E-state index contributed by atoms with van der Waals surface area (Å²) in [5.41, 5.74) is 0.597. The summed E-state index contributed by atoms with van der Waals surface area (Å²) in [7, 11) is 0. The van der Waals surface area contributed by atoms with Crippen LogP contribution in [0.15, 0.2) is 47.3 Å². The lowest BCUT2D eigenvalue weighted by Crippen LogP contribution is -2.23. The van der Waals surface area contributed by atoms with Crippen molar-refractivity contribution in [2.45, 2.75) is 6.92 Å². The molecule has 0 unspecified atom stereocenters. The average Bonchev–Trinajstić information content (AvgIpc) is 2.42. The Labute approximate surface area is 128 Å². The normalized spacial score (nSPS) is 10.9. The molecular formula is C15H10FIN2O. The summed E-state index contributed by atoms with van der Waals surface area (Å²) in [5.74, 6) is 0.0262. The summed E-state index contributed by atoms with van der Waals surface area (Å²) < 4.78 is 16.2. The van der Waals surface area contributed by atoms with Crippen LogP contribution in [0, 0.1) is 16.3 Å². The molecule has 3 rings (SSSR count). The molecule has 100 valence electrons. The molecule has 0 atom stereocenters. The van der Waals surface area contributed by atoms with E-state index in [9.17, 15) is 9.18 Å². The fraction of sp³-hybridized carbons (Fsp3) is 0.0667. The molecule has 0 aliphatic heterocycles. The molecule has 0 bridgehead atoms. The quantitative estimate of drug-likeness (QED) is 0.607. The van der Waals surface area contributed by atoms with Crippen molar-refractivity contribution < 1.29 is 4.39 Å². The molecular weight excluding hydrogens is 370 g/mol. The zero-order valence-electron chi connectivity index (χ0n) is 10.6. The Morgan fingerprint density at radius 3 is 2.70 bits per heavy atom. The van der Waals surface area contributed by atoms with E-state index in [-0.39, 0.29) is 11.2 Å². The average molecular weight is 380 g/mol. The largest absolute Gasteiger partial charge is 0.268 e. The second-order valence-electron chi connectivity index (χ2n) is 4.41. The van der Waals surface area contributed by atoms with E-state index in [0.717, 1.165) is 3.57 Å². The van der Waals surface area contributed by atoms with Gasteiger partial charge in [-0.3, -0.25) is 9.36 Å². The molecule has 0 amide bonds. The van der Waals surface area contributed by atoms with Crippen LogP contribution in [0.25, 0.3) is 16.6 Å². The van der Waals surface area contributed by atoms with Crippen LogP contribution in [0.3, 0.4) is 0 Å². The van der Waals surface area contributed by atoms with Crippen molar-refractivity contribution in [3.05, 3.63) is 68.0 Å². The fourth-order valence-corrected chi connectivity index (χ4v) is 2.68. The van der Waals surface area contributed by atoms with Gasteiger partial charge in [-0.15, -0.1) is 0 Å². The summed E-state index contributed by atoms with van der Waals surface area (Å²) in [5, 5.41) is 0.491. The van der Waals surface area contributed by atoms with E-state index in [0.29, 0.717) is 16.7 Å². The number of hydrogen-bond donors (Lipinski definition) is 0. The van der Waals surface area contributed by atoms with Gasteiger partial charge in [-0.2, -0.15) is 0 Å². The van der Waals surface area contributed by atoms with Gasteiger partial charge < -0.3 is 0 Å². The molecule has 0 N–H and O–H groups in total. The van der Waals surface area contributed by atoms with Crippen LogP contribution in [-0.4, -0.2) is 9.55 Å². The number of benzene rings is 2. The SMILES string of the molecule is Cc1nc2ccc(I)cc2c(=O)n1-c1ccccc1F. The van der Waals surface area contributed by atoms with Gasteiger partial charge in [0.25, 0.3) is 5.56 Å². The number of nitrogens with zero attached hydrogens (tertiary/aromatic N) is 2. The standard InChI is InChI=1S/C15H10FIN2O/c1-9-18-13-7-6-10(17)8-11(13)15(20)19(9)14-5-3-2-4-12(14)16/h2-8H,1H3. The van der Waals surface area contributed by atoms with Crippen LogP contribution < -0.4 is 5.56 Å². The molecule has 0 spiro atoms. The molecule has 1 heterocycles. The third kappa shape index (κ3) is 2.11. The van der Waals surface area contributed by atoms with Gasteiger partial charge in [-0.1, -0.05) is 12.1 Å². The van der Waals surface area contributed by atoms with Gasteiger partial charge in [-0.25, -0.2) is 9.37 Å². The van der Waals surface area contributed by atoms with Crippen LogP contribution in [0.1, 0.15) is 5.82 Å². The van der Waals surface area contributed by atoms with Crippen LogP contribution in [0.2, 0.25) is 0 Å². The summed E-state index contributed by atoms with van der Waals surface area (Å²) in [6, 6.07) is 11.7. The Morgan fingerprint density at radius 1 is 1.20 bits per heavy atom. The number of fused-ring (bicyclic) bond motifs is 1. The minimum Gasteiger partial charge on any atom is -0.268 e. The lowest BCUT2D eigenvalue weighted by molar-refractivity contribution is 0.613. The first-order valence-corrected chi connectivity index (χ1v) is 7.09. The third-order valence-electron chi connectivity index (χ3n) is 3.09. The van der Waals surface area contributed by atoms with Crippen molar-refractivity contribution in [3.8, 4) is 5.69 Å². The molecule has 2 aromatic carbocycles. The molecule has 1 aromatic heterocycles. The maximum absolute atomic E-state index is 13.9. The molecule has 3 nitrogen and oxygen atoms in total. The minimum absolute atomic E-state index is 0.225. The Balaban J connectivity index is 2.43. The predicted molar refractivity (Wildman–Crippen MR) is 84.8 cm³/mol. The van der Waals surface area contributed by atoms with Gasteiger partial charge >= 0.3 is 0 Å². The first kappa shape index (κ1) is 13.2. The van der Waals surface area contributed by atoms with Crippen LogP contribution in [0.5, 0.6) is 0 Å². The molecule has 0 saturated carbocycles. The van der Waals surface area contributed by atoms with E-state index in [4.69, 9.17) is 0 Å². The Hall–Kier alpha value is -1.76. The van der Waals surface area contributed by atoms with E-state index in [1.54, 1.807) is 37.3 Å². The van der Waals surface area contributed by atoms with Crippen molar-refractivity contribution in [1.82, 2.24) is 9.55 Å². The Bertz CT molecular complexity index is 873. The summed E-state index contributed by atoms with van der Waals surface area (Å²) in [6.07, 6.45) is 0. The van der Waals surface area contributed by atoms with Crippen molar-refractivity contribution in [1.29, 1.82) is 0 Å². The lowest BCUT2D eigenvalue weighted by atomic mass is 10.2. The lowest BCUT2D eigenvalue weighted by Gasteiger charge is -2.11. The van der Waals surface area contributed by atoms with E-state index >= 15 is 0 Å². The minimum atomic E-state index is -0.440. The first-order valence-electron chi connectivity index (χ1n) is 6.02. The van der Waals surface area contributed by atoms with Gasteiger partial charge in [0.2, 0.25) is 0 Å². The highest BCUT2D eigenvalue weighted by molar-refractivity contribution is 14.1. The molecule has 0 radical (unpaired) electrons. The maximum Gasteiger partial charge on any atom is 0.266 e. The fourth-order valence-electron chi connectivity index (χ4n) is 2.19. The van der Waals surface area contributed by atoms with Crippen molar-refractivity contribution >= 4 is 33.5 Å². The van der Waals surface area contributed by atoms with E-state index in [1.807, 2.05) is 6.07 Å². The summed E-state index contributed by atoms with van der Waals surface area (Å²) in [6.45, 7) is 1.70. The van der Waals surface area contributed by atoms with E-state index in [2.05, 4.69) is 27.6 Å². The van der Waals surface area contributed by atoms with Gasteiger partial charge in [0, 0.05) is 3.57 Å². The topological polar surface area (TPSA) is 34.9 Å². The molecule has 0 aliphatic carbocycles.